The highest BCUT2D eigenvalue weighted by Crippen LogP contribution is 2.44. The van der Waals surface area contributed by atoms with Gasteiger partial charge in [0.2, 0.25) is 0 Å². The number of rotatable bonds is 6. The van der Waals surface area contributed by atoms with Crippen molar-refractivity contribution in [1.82, 2.24) is 0 Å². The van der Waals surface area contributed by atoms with E-state index in [1.807, 2.05) is 6.08 Å². The molecule has 0 heterocycles. The summed E-state index contributed by atoms with van der Waals surface area (Å²) >= 11 is 0. The monoisotopic (exact) mass is 322 g/mol. The molecular formula is C24H34. The molecule has 0 amide bonds. The number of benzene rings is 1. The van der Waals surface area contributed by atoms with E-state index in [1.54, 1.807) is 5.56 Å². The molecule has 2 aliphatic rings. The SMILES string of the molecule is C=CCc1ccc([C@H]2CC[C@H]([C@H]3CC[C@H](CC=C)CC3)CC2)cc1. The highest BCUT2D eigenvalue weighted by atomic mass is 14.4. The number of allylic oxidation sites excluding steroid dienone is 2. The van der Waals surface area contributed by atoms with Crippen LogP contribution in [0, 0.1) is 17.8 Å². The van der Waals surface area contributed by atoms with Crippen molar-refractivity contribution < 1.29 is 0 Å². The first kappa shape index (κ1) is 17.5. The third-order valence-electron chi connectivity index (χ3n) is 6.66. The molecule has 2 saturated carbocycles. The van der Waals surface area contributed by atoms with E-state index in [2.05, 4.69) is 43.5 Å². The molecule has 0 spiro atoms. The molecule has 0 unspecified atom stereocenters. The molecular weight excluding hydrogens is 288 g/mol. The van der Waals surface area contributed by atoms with Crippen LogP contribution in [-0.4, -0.2) is 0 Å². The summed E-state index contributed by atoms with van der Waals surface area (Å²) in [7, 11) is 0. The van der Waals surface area contributed by atoms with Crippen molar-refractivity contribution in [3.63, 3.8) is 0 Å². The second-order valence-corrected chi connectivity index (χ2v) is 8.15. The van der Waals surface area contributed by atoms with Gasteiger partial charge in [-0.3, -0.25) is 0 Å². The lowest BCUT2D eigenvalue weighted by molar-refractivity contribution is 0.160. The molecule has 0 atom stereocenters. The van der Waals surface area contributed by atoms with Crippen molar-refractivity contribution in [3.8, 4) is 0 Å². The normalized spacial score (nSPS) is 30.7. The van der Waals surface area contributed by atoms with E-state index in [4.69, 9.17) is 0 Å². The second-order valence-electron chi connectivity index (χ2n) is 8.15. The molecule has 1 aromatic carbocycles. The smallest absolute Gasteiger partial charge is 0.0100 e. The van der Waals surface area contributed by atoms with Gasteiger partial charge in [0.05, 0.1) is 0 Å². The molecule has 2 aliphatic carbocycles. The molecule has 3 rings (SSSR count). The molecule has 0 aromatic heterocycles. The Bertz CT molecular complexity index is 507. The van der Waals surface area contributed by atoms with Crippen LogP contribution >= 0.6 is 0 Å². The van der Waals surface area contributed by atoms with Gasteiger partial charge in [0.15, 0.2) is 0 Å². The predicted octanol–water partition coefficient (Wildman–Crippen LogP) is 7.07. The lowest BCUT2D eigenvalue weighted by Gasteiger charge is -2.38. The third-order valence-corrected chi connectivity index (χ3v) is 6.66. The Balaban J connectivity index is 1.47. The first-order valence-corrected chi connectivity index (χ1v) is 10.1. The van der Waals surface area contributed by atoms with Gasteiger partial charge in [-0.25, -0.2) is 0 Å². The summed E-state index contributed by atoms with van der Waals surface area (Å²) in [4.78, 5) is 0. The highest BCUT2D eigenvalue weighted by molar-refractivity contribution is 5.26. The molecule has 0 N–H and O–H groups in total. The van der Waals surface area contributed by atoms with Gasteiger partial charge in [-0.15, -0.1) is 13.2 Å². The third kappa shape index (κ3) is 4.41. The maximum atomic E-state index is 3.91. The standard InChI is InChI=1S/C24H34/c1-3-5-19-7-11-21(12-8-19)23-15-17-24(18-16-23)22-13-9-20(6-4-2)10-14-22/h3-4,7-8,11-12,20,22-24H,1-2,5-6,9-10,13-18H2/t20-,22-,23-,24-. The molecule has 0 aliphatic heterocycles. The van der Waals surface area contributed by atoms with Gasteiger partial charge in [0.25, 0.3) is 0 Å². The minimum absolute atomic E-state index is 0.802. The van der Waals surface area contributed by atoms with E-state index < -0.39 is 0 Å². The van der Waals surface area contributed by atoms with Gasteiger partial charge < -0.3 is 0 Å². The van der Waals surface area contributed by atoms with Crippen LogP contribution in [0.15, 0.2) is 49.6 Å². The molecule has 24 heavy (non-hydrogen) atoms. The van der Waals surface area contributed by atoms with Crippen LogP contribution in [0.3, 0.4) is 0 Å². The minimum atomic E-state index is 0.802. The van der Waals surface area contributed by atoms with Crippen molar-refractivity contribution in [3.05, 3.63) is 60.7 Å². The second kappa shape index (κ2) is 8.70. The van der Waals surface area contributed by atoms with Crippen molar-refractivity contribution in [2.75, 3.05) is 0 Å². The summed E-state index contributed by atoms with van der Waals surface area (Å²) in [6.45, 7) is 7.74. The maximum Gasteiger partial charge on any atom is -0.0100 e. The Morgan fingerprint density at radius 2 is 1.33 bits per heavy atom. The zero-order valence-electron chi connectivity index (χ0n) is 15.3. The van der Waals surface area contributed by atoms with Crippen molar-refractivity contribution in [2.24, 2.45) is 17.8 Å². The van der Waals surface area contributed by atoms with Gasteiger partial charge in [-0.05, 0) is 99.0 Å². The van der Waals surface area contributed by atoms with E-state index in [0.717, 1.165) is 30.1 Å². The fourth-order valence-corrected chi connectivity index (χ4v) is 5.15. The lowest BCUT2D eigenvalue weighted by Crippen LogP contribution is -2.25. The van der Waals surface area contributed by atoms with Gasteiger partial charge >= 0.3 is 0 Å². The summed E-state index contributed by atoms with van der Waals surface area (Å²) in [5.41, 5.74) is 2.95. The zero-order chi connectivity index (χ0) is 16.8. The molecule has 1 aromatic rings. The minimum Gasteiger partial charge on any atom is -0.103 e. The first-order valence-electron chi connectivity index (χ1n) is 10.1. The Morgan fingerprint density at radius 1 is 0.750 bits per heavy atom. The summed E-state index contributed by atoms with van der Waals surface area (Å²) in [6, 6.07) is 9.32. The van der Waals surface area contributed by atoms with Crippen LogP contribution < -0.4 is 0 Å². The van der Waals surface area contributed by atoms with E-state index in [0.29, 0.717) is 0 Å². The molecule has 130 valence electrons. The van der Waals surface area contributed by atoms with E-state index in [9.17, 15) is 0 Å². The molecule has 0 nitrogen and oxygen atoms in total. The summed E-state index contributed by atoms with van der Waals surface area (Å²) in [6.07, 6.45) is 17.9. The molecule has 0 bridgehead atoms. The average Bonchev–Trinajstić information content (AvgIpc) is 2.64. The zero-order valence-corrected chi connectivity index (χ0v) is 15.3. The van der Waals surface area contributed by atoms with Gasteiger partial charge in [-0.2, -0.15) is 0 Å². The van der Waals surface area contributed by atoms with Gasteiger partial charge in [-0.1, -0.05) is 36.4 Å². The topological polar surface area (TPSA) is 0 Å². The Labute approximate surface area is 149 Å². The lowest BCUT2D eigenvalue weighted by atomic mass is 9.68. The van der Waals surface area contributed by atoms with E-state index in [1.165, 1.54) is 63.4 Å². The fourth-order valence-electron chi connectivity index (χ4n) is 5.15. The molecule has 0 radical (unpaired) electrons. The summed E-state index contributed by atoms with van der Waals surface area (Å²) in [5, 5.41) is 0. The van der Waals surface area contributed by atoms with Crippen molar-refractivity contribution in [1.29, 1.82) is 0 Å². The van der Waals surface area contributed by atoms with Crippen LogP contribution in [0.1, 0.15) is 74.8 Å². The number of hydrogen-bond acceptors (Lipinski definition) is 0. The van der Waals surface area contributed by atoms with Crippen LogP contribution in [0.5, 0.6) is 0 Å². The van der Waals surface area contributed by atoms with Crippen LogP contribution in [0.4, 0.5) is 0 Å². The summed E-state index contributed by atoms with van der Waals surface area (Å²) < 4.78 is 0. The van der Waals surface area contributed by atoms with Crippen molar-refractivity contribution in [2.45, 2.75) is 70.1 Å². The van der Waals surface area contributed by atoms with Crippen LogP contribution in [-0.2, 0) is 6.42 Å². The molecule has 0 heteroatoms. The Morgan fingerprint density at radius 3 is 1.88 bits per heavy atom. The average molecular weight is 323 g/mol. The van der Waals surface area contributed by atoms with E-state index in [-0.39, 0.29) is 0 Å². The largest absolute Gasteiger partial charge is 0.103 e. The first-order chi connectivity index (χ1) is 11.8. The Hall–Kier alpha value is -1.30. The van der Waals surface area contributed by atoms with Gasteiger partial charge in [0, 0.05) is 0 Å². The quantitative estimate of drug-likeness (QED) is 0.491. The molecule has 2 fully saturated rings. The molecule has 0 saturated heterocycles. The fraction of sp³-hybridized carbons (Fsp3) is 0.583. The van der Waals surface area contributed by atoms with Crippen LogP contribution in [0.2, 0.25) is 0 Å². The Kier molecular flexibility index (Phi) is 6.35. The van der Waals surface area contributed by atoms with Crippen molar-refractivity contribution >= 4 is 0 Å². The van der Waals surface area contributed by atoms with E-state index >= 15 is 0 Å². The maximum absolute atomic E-state index is 3.91. The highest BCUT2D eigenvalue weighted by Gasteiger charge is 2.30. The van der Waals surface area contributed by atoms with Gasteiger partial charge in [0.1, 0.15) is 0 Å². The van der Waals surface area contributed by atoms with Crippen LogP contribution in [0.25, 0.3) is 0 Å². The number of hydrogen-bond donors (Lipinski definition) is 0. The summed E-state index contributed by atoms with van der Waals surface area (Å²) in [5.74, 6) is 3.76. The predicted molar refractivity (Wildman–Crippen MR) is 105 cm³/mol.